The molecule has 1 saturated heterocycles. The number of piperazine rings is 1. The predicted octanol–water partition coefficient (Wildman–Crippen LogP) is 2.44. The zero-order valence-corrected chi connectivity index (χ0v) is 15.2. The van der Waals surface area contributed by atoms with Gasteiger partial charge in [-0.3, -0.25) is 14.6 Å². The fourth-order valence-corrected chi connectivity index (χ4v) is 3.16. The van der Waals surface area contributed by atoms with Crippen molar-refractivity contribution in [3.8, 4) is 0 Å². The molecule has 0 aliphatic carbocycles. The summed E-state index contributed by atoms with van der Waals surface area (Å²) in [4.78, 5) is 17.1. The number of benzene rings is 1. The quantitative estimate of drug-likeness (QED) is 0.904. The summed E-state index contributed by atoms with van der Waals surface area (Å²) in [5.74, 6) is 1.13. The Kier molecular flexibility index (Phi) is 5.50. The van der Waals surface area contributed by atoms with Crippen molar-refractivity contribution in [3.05, 3.63) is 47.2 Å². The number of amides is 1. The third-order valence-electron chi connectivity index (χ3n) is 4.87. The Labute approximate surface area is 148 Å². The van der Waals surface area contributed by atoms with Crippen LogP contribution in [0.5, 0.6) is 0 Å². The Balaban J connectivity index is 1.49. The number of carbonyl (C=O) groups is 1. The number of hydrogen-bond acceptors (Lipinski definition) is 5. The van der Waals surface area contributed by atoms with Crippen LogP contribution in [-0.2, 0) is 11.3 Å². The molecular weight excluding hydrogens is 316 g/mol. The molecule has 1 N–H and O–H groups in total. The molecule has 1 aliphatic heterocycles. The monoisotopic (exact) mass is 342 g/mol. The van der Waals surface area contributed by atoms with Crippen molar-refractivity contribution in [2.75, 3.05) is 31.5 Å². The normalized spacial score (nSPS) is 17.4. The zero-order valence-electron chi connectivity index (χ0n) is 15.2. The summed E-state index contributed by atoms with van der Waals surface area (Å²) >= 11 is 0. The van der Waals surface area contributed by atoms with Gasteiger partial charge in [0.05, 0.1) is 6.04 Å². The molecule has 134 valence electrons. The molecule has 1 amide bonds. The highest BCUT2D eigenvalue weighted by molar-refractivity contribution is 5.93. The molecule has 1 fully saturated rings. The van der Waals surface area contributed by atoms with E-state index in [1.807, 2.05) is 6.92 Å². The Bertz CT molecular complexity index is 720. The lowest BCUT2D eigenvalue weighted by atomic mass is 10.1. The lowest BCUT2D eigenvalue weighted by Crippen LogP contribution is -2.52. The molecule has 0 spiro atoms. The second kappa shape index (κ2) is 7.80. The van der Waals surface area contributed by atoms with Gasteiger partial charge >= 0.3 is 0 Å². The summed E-state index contributed by atoms with van der Waals surface area (Å²) in [5.41, 5.74) is 2.71. The van der Waals surface area contributed by atoms with Crippen LogP contribution < -0.4 is 5.32 Å². The molecular formula is C19H26N4O2. The summed E-state index contributed by atoms with van der Waals surface area (Å²) in [5, 5.41) is 6.64. The molecule has 0 saturated carbocycles. The highest BCUT2D eigenvalue weighted by Crippen LogP contribution is 2.15. The smallest absolute Gasteiger partial charge is 0.242 e. The first-order chi connectivity index (χ1) is 12.0. The van der Waals surface area contributed by atoms with E-state index in [1.165, 1.54) is 11.1 Å². The predicted molar refractivity (Wildman–Crippen MR) is 97.4 cm³/mol. The minimum atomic E-state index is -0.183. The average molecular weight is 342 g/mol. The molecule has 1 aromatic heterocycles. The molecule has 3 rings (SSSR count). The van der Waals surface area contributed by atoms with Crippen LogP contribution in [0.25, 0.3) is 0 Å². The lowest BCUT2D eigenvalue weighted by Gasteiger charge is -2.37. The van der Waals surface area contributed by atoms with Gasteiger partial charge in [0.15, 0.2) is 5.82 Å². The largest absolute Gasteiger partial charge is 0.360 e. The third-order valence-corrected chi connectivity index (χ3v) is 4.87. The fourth-order valence-electron chi connectivity index (χ4n) is 3.16. The topological polar surface area (TPSA) is 61.6 Å². The van der Waals surface area contributed by atoms with Crippen molar-refractivity contribution in [2.24, 2.45) is 0 Å². The maximum absolute atomic E-state index is 12.4. The molecule has 0 bridgehead atoms. The van der Waals surface area contributed by atoms with Crippen molar-refractivity contribution in [1.29, 1.82) is 0 Å². The van der Waals surface area contributed by atoms with E-state index in [0.717, 1.165) is 32.7 Å². The number of aryl methyl sites for hydroxylation is 2. The average Bonchev–Trinajstić information content (AvgIpc) is 3.02. The van der Waals surface area contributed by atoms with Crippen molar-refractivity contribution < 1.29 is 9.32 Å². The summed E-state index contributed by atoms with van der Waals surface area (Å²) in [6.45, 7) is 10.6. The van der Waals surface area contributed by atoms with Gasteiger partial charge in [-0.15, -0.1) is 0 Å². The molecule has 2 aromatic rings. The van der Waals surface area contributed by atoms with Crippen molar-refractivity contribution in [1.82, 2.24) is 15.0 Å². The molecule has 1 aliphatic rings. The summed E-state index contributed by atoms with van der Waals surface area (Å²) in [6, 6.07) is 10.1. The molecule has 0 radical (unpaired) electrons. The number of rotatable bonds is 5. The fraction of sp³-hybridized carbons (Fsp3) is 0.474. The van der Waals surface area contributed by atoms with Gasteiger partial charge in [-0.05, 0) is 31.9 Å². The van der Waals surface area contributed by atoms with Crippen molar-refractivity contribution in [3.63, 3.8) is 0 Å². The van der Waals surface area contributed by atoms with Crippen molar-refractivity contribution in [2.45, 2.75) is 33.4 Å². The van der Waals surface area contributed by atoms with Crippen molar-refractivity contribution >= 4 is 11.7 Å². The summed E-state index contributed by atoms with van der Waals surface area (Å²) in [7, 11) is 0. The second-order valence-corrected chi connectivity index (χ2v) is 6.73. The maximum Gasteiger partial charge on any atom is 0.242 e. The van der Waals surface area contributed by atoms with Gasteiger partial charge in [0.25, 0.3) is 0 Å². The Morgan fingerprint density at radius 3 is 2.60 bits per heavy atom. The number of carbonyl (C=O) groups excluding carboxylic acids is 1. The molecule has 6 heteroatoms. The summed E-state index contributed by atoms with van der Waals surface area (Å²) in [6.07, 6.45) is 0. The molecule has 1 atom stereocenters. The number of nitrogens with one attached hydrogen (secondary N) is 1. The Morgan fingerprint density at radius 1 is 1.24 bits per heavy atom. The molecule has 1 aromatic carbocycles. The highest BCUT2D eigenvalue weighted by Gasteiger charge is 2.26. The zero-order chi connectivity index (χ0) is 17.8. The van der Waals surface area contributed by atoms with Crippen LogP contribution >= 0.6 is 0 Å². The van der Waals surface area contributed by atoms with Crippen LogP contribution in [0.15, 0.2) is 34.9 Å². The minimum absolute atomic E-state index is 0.0411. The number of hydrogen-bond donors (Lipinski definition) is 1. The van der Waals surface area contributed by atoms with E-state index in [1.54, 1.807) is 13.0 Å². The van der Waals surface area contributed by atoms with Crippen LogP contribution in [0.2, 0.25) is 0 Å². The van der Waals surface area contributed by atoms with E-state index in [9.17, 15) is 4.79 Å². The van der Waals surface area contributed by atoms with Gasteiger partial charge in [-0.25, -0.2) is 0 Å². The van der Waals surface area contributed by atoms with E-state index < -0.39 is 0 Å². The Morgan fingerprint density at radius 2 is 1.96 bits per heavy atom. The van der Waals surface area contributed by atoms with E-state index in [4.69, 9.17) is 4.52 Å². The molecule has 1 unspecified atom stereocenters. The molecule has 2 heterocycles. The van der Waals surface area contributed by atoms with Gasteiger partial charge < -0.3 is 9.84 Å². The van der Waals surface area contributed by atoms with Gasteiger partial charge in [-0.2, -0.15) is 0 Å². The number of aromatic nitrogens is 1. The summed E-state index contributed by atoms with van der Waals surface area (Å²) < 4.78 is 4.99. The van der Waals surface area contributed by atoms with Crippen LogP contribution in [0, 0.1) is 13.8 Å². The minimum Gasteiger partial charge on any atom is -0.360 e. The second-order valence-electron chi connectivity index (χ2n) is 6.73. The van der Waals surface area contributed by atoms with Crippen LogP contribution in [0.3, 0.4) is 0 Å². The first-order valence-corrected chi connectivity index (χ1v) is 8.78. The van der Waals surface area contributed by atoms with Gasteiger partial charge in [-0.1, -0.05) is 29.4 Å². The van der Waals surface area contributed by atoms with Crippen LogP contribution in [0.1, 0.15) is 23.8 Å². The van der Waals surface area contributed by atoms with E-state index >= 15 is 0 Å². The van der Waals surface area contributed by atoms with E-state index in [2.05, 4.69) is 51.5 Å². The van der Waals surface area contributed by atoms with Crippen LogP contribution in [0.4, 0.5) is 5.82 Å². The van der Waals surface area contributed by atoms with Crippen LogP contribution in [-0.4, -0.2) is 53.1 Å². The van der Waals surface area contributed by atoms with Gasteiger partial charge in [0, 0.05) is 38.8 Å². The number of nitrogens with zero attached hydrogens (tertiary/aromatic N) is 3. The highest BCUT2D eigenvalue weighted by atomic mass is 16.5. The first kappa shape index (κ1) is 17.6. The molecule has 25 heavy (non-hydrogen) atoms. The first-order valence-electron chi connectivity index (χ1n) is 8.78. The van der Waals surface area contributed by atoms with Gasteiger partial charge in [0.1, 0.15) is 5.76 Å². The van der Waals surface area contributed by atoms with E-state index in [0.29, 0.717) is 11.6 Å². The molecule has 6 nitrogen and oxygen atoms in total. The van der Waals surface area contributed by atoms with Gasteiger partial charge in [0.2, 0.25) is 5.91 Å². The Hall–Kier alpha value is -2.18. The number of anilines is 1. The SMILES string of the molecule is Cc1cc(NC(=O)C(C)N2CCN(Cc3ccccc3C)CC2)no1. The standard InChI is InChI=1S/C19H26N4O2/c1-14-6-4-5-7-17(14)13-22-8-10-23(11-9-22)16(3)19(24)20-18-12-15(2)25-21-18/h4-7,12,16H,8-11,13H2,1-3H3,(H,20,21,24). The third kappa shape index (κ3) is 4.46. The maximum atomic E-state index is 12.4. The van der Waals surface area contributed by atoms with E-state index in [-0.39, 0.29) is 11.9 Å². The lowest BCUT2D eigenvalue weighted by molar-refractivity contribution is -0.121.